The number of nitrogens with two attached hydrogens (primary N) is 1. The third-order valence-electron chi connectivity index (χ3n) is 6.26. The van der Waals surface area contributed by atoms with Gasteiger partial charge in [0.25, 0.3) is 0 Å². The van der Waals surface area contributed by atoms with E-state index >= 15 is 0 Å². The van der Waals surface area contributed by atoms with Crippen molar-refractivity contribution >= 4 is 46.3 Å². The van der Waals surface area contributed by atoms with E-state index in [2.05, 4.69) is 20.1 Å². The highest BCUT2D eigenvalue weighted by Crippen LogP contribution is 2.30. The van der Waals surface area contributed by atoms with Crippen molar-refractivity contribution in [1.29, 1.82) is 0 Å². The zero-order chi connectivity index (χ0) is 23.5. The Kier molecular flexibility index (Phi) is 6.59. The second-order valence-corrected chi connectivity index (χ2v) is 8.85. The van der Waals surface area contributed by atoms with E-state index in [1.807, 2.05) is 30.3 Å². The summed E-state index contributed by atoms with van der Waals surface area (Å²) in [5.74, 6) is 1.82. The van der Waals surface area contributed by atoms with Crippen LogP contribution in [0, 0.1) is 0 Å². The number of anilines is 3. The van der Waals surface area contributed by atoms with Gasteiger partial charge in [-0.25, -0.2) is 9.97 Å². The van der Waals surface area contributed by atoms with Gasteiger partial charge in [0, 0.05) is 45.8 Å². The number of nitrogens with one attached hydrogen (secondary N) is 1. The molecule has 5 rings (SSSR count). The first-order valence-corrected chi connectivity index (χ1v) is 12.0. The zero-order valence-corrected chi connectivity index (χ0v) is 19.7. The highest BCUT2D eigenvalue weighted by molar-refractivity contribution is 6.32. The Bertz CT molecular complexity index is 1160. The van der Waals surface area contributed by atoms with Crippen LogP contribution in [0.4, 0.5) is 17.6 Å². The maximum atomic E-state index is 12.0. The highest BCUT2D eigenvalue weighted by atomic mass is 35.5. The van der Waals surface area contributed by atoms with Crippen LogP contribution in [-0.4, -0.2) is 76.6 Å². The molecular formula is C23H28ClN9O. The lowest BCUT2D eigenvalue weighted by Crippen LogP contribution is -2.50. The summed E-state index contributed by atoms with van der Waals surface area (Å²) in [6, 6.07) is 10.0. The minimum Gasteiger partial charge on any atom is -0.363 e. The summed E-state index contributed by atoms with van der Waals surface area (Å²) < 4.78 is 0. The molecule has 0 bridgehead atoms. The molecule has 0 radical (unpaired) electrons. The lowest BCUT2D eigenvalue weighted by Gasteiger charge is -2.35. The van der Waals surface area contributed by atoms with Crippen LogP contribution in [0.3, 0.4) is 0 Å². The molecule has 2 aliphatic heterocycles. The molecule has 2 saturated heterocycles. The van der Waals surface area contributed by atoms with Crippen LogP contribution in [0.1, 0.15) is 18.4 Å². The summed E-state index contributed by atoms with van der Waals surface area (Å²) in [7, 11) is 0. The Morgan fingerprint density at radius 3 is 2.38 bits per heavy atom. The number of rotatable bonds is 6. The van der Waals surface area contributed by atoms with E-state index in [0.29, 0.717) is 60.8 Å². The average Bonchev–Trinajstić information content (AvgIpc) is 3.42. The number of piperazine rings is 1. The Hall–Kier alpha value is -3.24. The Morgan fingerprint density at radius 1 is 0.941 bits per heavy atom. The van der Waals surface area contributed by atoms with E-state index in [9.17, 15) is 4.79 Å². The highest BCUT2D eigenvalue weighted by Gasteiger charge is 2.26. The fraction of sp³-hybridized carbons (Fsp3) is 0.435. The van der Waals surface area contributed by atoms with Crippen molar-refractivity contribution in [1.82, 2.24) is 24.8 Å². The van der Waals surface area contributed by atoms with Gasteiger partial charge < -0.3 is 25.8 Å². The standard InChI is InChI=1S/C23H28ClN9O/c24-19-21(26-15-16-6-2-1-3-7-16)28-20-18(27-19)22(32-8-4-5-9-32)30-23(29-20)33-12-10-31(11-13-33)17(34)14-25/h1-3,6-7H,4-5,8-15,25H2,(H,26,28,29,30). The third-order valence-corrected chi connectivity index (χ3v) is 6.52. The quantitative estimate of drug-likeness (QED) is 0.544. The van der Waals surface area contributed by atoms with Crippen LogP contribution in [0.5, 0.6) is 0 Å². The predicted molar refractivity (Wildman–Crippen MR) is 133 cm³/mol. The van der Waals surface area contributed by atoms with Gasteiger partial charge in [-0.1, -0.05) is 41.9 Å². The number of amides is 1. The van der Waals surface area contributed by atoms with Gasteiger partial charge in [0.15, 0.2) is 28.0 Å². The van der Waals surface area contributed by atoms with Crippen molar-refractivity contribution in [2.24, 2.45) is 5.73 Å². The van der Waals surface area contributed by atoms with E-state index in [0.717, 1.165) is 37.3 Å². The minimum absolute atomic E-state index is 0.0285. The van der Waals surface area contributed by atoms with Gasteiger partial charge in [0.05, 0.1) is 6.54 Å². The molecule has 3 aromatic rings. The average molecular weight is 482 g/mol. The molecule has 0 spiro atoms. The van der Waals surface area contributed by atoms with E-state index in [1.165, 1.54) is 0 Å². The van der Waals surface area contributed by atoms with Crippen LogP contribution < -0.4 is 20.9 Å². The summed E-state index contributed by atoms with van der Waals surface area (Å²) >= 11 is 6.53. The molecule has 0 unspecified atom stereocenters. The van der Waals surface area contributed by atoms with Gasteiger partial charge in [0.1, 0.15) is 0 Å². The molecule has 10 nitrogen and oxygen atoms in total. The molecule has 34 heavy (non-hydrogen) atoms. The van der Waals surface area contributed by atoms with Crippen LogP contribution in [0.15, 0.2) is 30.3 Å². The van der Waals surface area contributed by atoms with Crippen LogP contribution in [0.2, 0.25) is 5.15 Å². The number of hydrogen-bond donors (Lipinski definition) is 2. The van der Waals surface area contributed by atoms with Crippen molar-refractivity contribution in [3.8, 4) is 0 Å². The molecule has 2 aromatic heterocycles. The molecule has 2 aliphatic rings. The molecule has 1 amide bonds. The third kappa shape index (κ3) is 4.69. The monoisotopic (exact) mass is 481 g/mol. The van der Waals surface area contributed by atoms with Gasteiger partial charge in [-0.15, -0.1) is 0 Å². The van der Waals surface area contributed by atoms with Gasteiger partial charge in [0.2, 0.25) is 11.9 Å². The number of benzene rings is 1. The molecule has 178 valence electrons. The van der Waals surface area contributed by atoms with Crippen molar-refractivity contribution in [3.05, 3.63) is 41.0 Å². The van der Waals surface area contributed by atoms with E-state index < -0.39 is 0 Å². The fourth-order valence-electron chi connectivity index (χ4n) is 4.37. The van der Waals surface area contributed by atoms with Crippen LogP contribution in [0.25, 0.3) is 11.2 Å². The second kappa shape index (κ2) is 9.94. The lowest BCUT2D eigenvalue weighted by atomic mass is 10.2. The zero-order valence-electron chi connectivity index (χ0n) is 19.0. The number of hydrogen-bond acceptors (Lipinski definition) is 9. The molecule has 0 aliphatic carbocycles. The number of fused-ring (bicyclic) bond motifs is 1. The van der Waals surface area contributed by atoms with Crippen molar-refractivity contribution in [2.45, 2.75) is 19.4 Å². The minimum atomic E-state index is -0.0357. The van der Waals surface area contributed by atoms with E-state index in [1.54, 1.807) is 4.90 Å². The second-order valence-electron chi connectivity index (χ2n) is 8.49. The molecular weight excluding hydrogens is 454 g/mol. The van der Waals surface area contributed by atoms with Crippen molar-refractivity contribution < 1.29 is 4.79 Å². The van der Waals surface area contributed by atoms with Gasteiger partial charge >= 0.3 is 0 Å². The molecule has 0 saturated carbocycles. The van der Waals surface area contributed by atoms with Crippen LogP contribution >= 0.6 is 11.6 Å². The Labute approximate surface area is 203 Å². The van der Waals surface area contributed by atoms with Crippen LogP contribution in [-0.2, 0) is 11.3 Å². The van der Waals surface area contributed by atoms with E-state index in [4.69, 9.17) is 32.3 Å². The predicted octanol–water partition coefficient (Wildman–Crippen LogP) is 1.89. The SMILES string of the molecule is NCC(=O)N1CCN(c2nc(N3CCCC3)c3nc(Cl)c(NCc4ccccc4)nc3n2)CC1. The molecule has 0 atom stereocenters. The molecule has 1 aromatic carbocycles. The summed E-state index contributed by atoms with van der Waals surface area (Å²) in [4.78, 5) is 37.1. The maximum Gasteiger partial charge on any atom is 0.236 e. The summed E-state index contributed by atoms with van der Waals surface area (Å²) in [5, 5.41) is 3.59. The normalized spacial score (nSPS) is 16.4. The van der Waals surface area contributed by atoms with Gasteiger partial charge in [-0.05, 0) is 18.4 Å². The molecule has 4 heterocycles. The smallest absolute Gasteiger partial charge is 0.236 e. The number of carbonyl (C=O) groups is 1. The fourth-order valence-corrected chi connectivity index (χ4v) is 4.56. The largest absolute Gasteiger partial charge is 0.363 e. The molecule has 2 fully saturated rings. The first kappa shape index (κ1) is 22.5. The first-order chi connectivity index (χ1) is 16.6. The number of aromatic nitrogens is 4. The Balaban J connectivity index is 1.46. The topological polar surface area (TPSA) is 116 Å². The summed E-state index contributed by atoms with van der Waals surface area (Å²) in [5.41, 5.74) is 7.75. The Morgan fingerprint density at radius 2 is 1.68 bits per heavy atom. The van der Waals surface area contributed by atoms with Crippen molar-refractivity contribution in [2.75, 3.05) is 60.9 Å². The number of nitrogens with zero attached hydrogens (tertiary/aromatic N) is 7. The first-order valence-electron chi connectivity index (χ1n) is 11.6. The van der Waals surface area contributed by atoms with Gasteiger partial charge in [-0.3, -0.25) is 4.79 Å². The number of carbonyl (C=O) groups excluding carboxylic acids is 1. The van der Waals surface area contributed by atoms with E-state index in [-0.39, 0.29) is 12.5 Å². The molecule has 3 N–H and O–H groups in total. The molecule has 11 heteroatoms. The maximum absolute atomic E-state index is 12.0. The van der Waals surface area contributed by atoms with Crippen molar-refractivity contribution in [3.63, 3.8) is 0 Å². The summed E-state index contributed by atoms with van der Waals surface area (Å²) in [6.07, 6.45) is 2.22. The van der Waals surface area contributed by atoms with Gasteiger partial charge in [-0.2, -0.15) is 9.97 Å². The summed E-state index contributed by atoms with van der Waals surface area (Å²) in [6.45, 7) is 4.89. The lowest BCUT2D eigenvalue weighted by molar-refractivity contribution is -0.129. The number of halogens is 1.